The van der Waals surface area contributed by atoms with E-state index in [0.717, 1.165) is 6.61 Å². The predicted molar refractivity (Wildman–Crippen MR) is 96.5 cm³/mol. The Balaban J connectivity index is 5.16. The van der Waals surface area contributed by atoms with E-state index in [1.54, 1.807) is 13.3 Å². The number of rotatable bonds is 13. The van der Waals surface area contributed by atoms with Crippen LogP contribution in [0.3, 0.4) is 0 Å². The Morgan fingerprint density at radius 3 is 1.70 bits per heavy atom. The first-order chi connectivity index (χ1) is 9.70. The molecule has 0 saturated carbocycles. The van der Waals surface area contributed by atoms with Crippen molar-refractivity contribution in [2.24, 2.45) is 0 Å². The van der Waals surface area contributed by atoms with Crippen molar-refractivity contribution in [3.8, 4) is 0 Å². The normalized spacial score (nSPS) is 12.9. The monoisotopic (exact) mass is 456 g/mol. The fourth-order valence-electron chi connectivity index (χ4n) is 2.97. The van der Waals surface area contributed by atoms with Crippen LogP contribution in [0.1, 0.15) is 59.3 Å². The van der Waals surface area contributed by atoms with Gasteiger partial charge in [0.05, 0.1) is 0 Å². The van der Waals surface area contributed by atoms with Crippen molar-refractivity contribution in [2.45, 2.75) is 78.4 Å². The van der Waals surface area contributed by atoms with E-state index in [2.05, 4.69) is 32.7 Å². The summed E-state index contributed by atoms with van der Waals surface area (Å²) in [6.07, 6.45) is 11.0. The van der Waals surface area contributed by atoms with Crippen molar-refractivity contribution >= 4 is 33.3 Å². The van der Waals surface area contributed by atoms with Gasteiger partial charge in [0.2, 0.25) is 0 Å². The summed E-state index contributed by atoms with van der Waals surface area (Å²) in [4.78, 5) is 0. The summed E-state index contributed by atoms with van der Waals surface area (Å²) < 4.78 is 12.1. The molecule has 3 heteroatoms. The van der Waals surface area contributed by atoms with Crippen molar-refractivity contribution in [1.82, 2.24) is 0 Å². The van der Waals surface area contributed by atoms with Crippen LogP contribution in [0.2, 0.25) is 19.1 Å². The second kappa shape index (κ2) is 13.7. The molecule has 0 heterocycles. The van der Waals surface area contributed by atoms with Gasteiger partial charge in [-0.05, 0) is 0 Å². The van der Waals surface area contributed by atoms with E-state index in [9.17, 15) is 0 Å². The Morgan fingerprint density at radius 2 is 1.40 bits per heavy atom. The zero-order valence-electron chi connectivity index (χ0n) is 14.5. The van der Waals surface area contributed by atoms with Crippen LogP contribution in [0, 0.1) is 0 Å². The molecule has 0 amide bonds. The molecule has 0 radical (unpaired) electrons. The van der Waals surface area contributed by atoms with E-state index in [1.807, 2.05) is 9.60 Å². The summed E-state index contributed by atoms with van der Waals surface area (Å²) in [5, 5.41) is 0. The Kier molecular flexibility index (Phi) is 14.4. The Labute approximate surface area is 138 Å². The van der Waals surface area contributed by atoms with Gasteiger partial charge >= 0.3 is 139 Å². The van der Waals surface area contributed by atoms with E-state index >= 15 is 0 Å². The molecule has 0 aromatic carbocycles. The molecule has 0 aromatic heterocycles. The first kappa shape index (κ1) is 21.0. The van der Waals surface area contributed by atoms with Crippen LogP contribution in [0.25, 0.3) is 0 Å². The minimum atomic E-state index is -2.09. The first-order valence-corrected chi connectivity index (χ1v) is 18.5. The Morgan fingerprint density at radius 1 is 0.950 bits per heavy atom. The molecule has 0 rings (SSSR count). The van der Waals surface area contributed by atoms with Crippen molar-refractivity contribution in [2.75, 3.05) is 13.7 Å². The fourth-order valence-corrected chi connectivity index (χ4v) is 29.6. The van der Waals surface area contributed by atoms with Gasteiger partial charge in [0.25, 0.3) is 0 Å². The third kappa shape index (κ3) is 7.87. The van der Waals surface area contributed by atoms with Gasteiger partial charge in [-0.3, -0.25) is 0 Å². The molecular weight excluding hydrogens is 418 g/mol. The summed E-state index contributed by atoms with van der Waals surface area (Å²) in [7, 11) is 1.83. The van der Waals surface area contributed by atoms with Gasteiger partial charge in [-0.2, -0.15) is 0 Å². The molecule has 0 fully saturated rings. The summed E-state index contributed by atoms with van der Waals surface area (Å²) in [6.45, 7) is 7.90. The standard InChI is InChI=1S/C5H9OSe.3C4H9.Sn/c1-6-4-3-5-7-2;3*1-3-4-2;/h3H,4H2,1-2H3;3*1,3-4H2,2H3;. The van der Waals surface area contributed by atoms with Gasteiger partial charge in [-0.1, -0.05) is 0 Å². The summed E-state index contributed by atoms with van der Waals surface area (Å²) >= 11 is -1.39. The minimum absolute atomic E-state index is 0.698. The average Bonchev–Trinajstić information content (AvgIpc) is 2.48. The summed E-state index contributed by atoms with van der Waals surface area (Å²) in [6, 6.07) is 0. The fraction of sp³-hybridized carbons (Fsp3) is 0.882. The van der Waals surface area contributed by atoms with E-state index in [1.165, 1.54) is 38.5 Å². The van der Waals surface area contributed by atoms with E-state index in [0.29, 0.717) is 15.0 Å². The number of hydrogen-bond acceptors (Lipinski definition) is 1. The molecule has 0 aromatic rings. The summed E-state index contributed by atoms with van der Waals surface area (Å²) in [5.74, 6) is 2.43. The molecule has 120 valence electrons. The van der Waals surface area contributed by atoms with Crippen LogP contribution in [-0.2, 0) is 4.74 Å². The number of ether oxygens (including phenoxy) is 1. The topological polar surface area (TPSA) is 9.23 Å². The molecule has 0 N–H and O–H groups in total. The molecule has 0 spiro atoms. The average molecular weight is 454 g/mol. The van der Waals surface area contributed by atoms with E-state index in [4.69, 9.17) is 4.74 Å². The van der Waals surface area contributed by atoms with Crippen molar-refractivity contribution in [3.05, 3.63) is 8.56 Å². The van der Waals surface area contributed by atoms with Crippen LogP contribution in [0.5, 0.6) is 0 Å². The maximum absolute atomic E-state index is 5.35. The van der Waals surface area contributed by atoms with E-state index in [-0.39, 0.29) is 0 Å². The third-order valence-corrected chi connectivity index (χ3v) is 29.4. The Bertz CT molecular complexity index is 232. The van der Waals surface area contributed by atoms with Gasteiger partial charge in [0.15, 0.2) is 0 Å². The zero-order valence-corrected chi connectivity index (χ0v) is 19.0. The number of methoxy groups -OCH3 is 1. The van der Waals surface area contributed by atoms with Gasteiger partial charge in [0.1, 0.15) is 0 Å². The van der Waals surface area contributed by atoms with Gasteiger partial charge in [-0.15, -0.1) is 0 Å². The van der Waals surface area contributed by atoms with Gasteiger partial charge in [0, 0.05) is 0 Å². The van der Waals surface area contributed by atoms with Crippen LogP contribution in [-0.4, -0.2) is 47.1 Å². The second-order valence-electron chi connectivity index (χ2n) is 5.82. The molecule has 0 aliphatic rings. The van der Waals surface area contributed by atoms with E-state index < -0.39 is 18.4 Å². The molecule has 0 aliphatic heterocycles. The van der Waals surface area contributed by atoms with Crippen molar-refractivity contribution in [1.29, 1.82) is 0 Å². The molecular formula is C17H36OSeSn. The van der Waals surface area contributed by atoms with Crippen LogP contribution < -0.4 is 0 Å². The molecule has 0 aliphatic carbocycles. The predicted octanol–water partition coefficient (Wildman–Crippen LogP) is 5.66. The molecule has 0 bridgehead atoms. The molecule has 0 saturated heterocycles. The van der Waals surface area contributed by atoms with Crippen LogP contribution in [0.4, 0.5) is 0 Å². The zero-order chi connectivity index (χ0) is 15.3. The SMILES string of the molecule is CCC[CH2][Sn]([CH2]CCC)([CH2]CCC)/[C](=C\COC)[Se]C. The number of unbranched alkanes of at least 4 members (excludes halogenated alkanes) is 3. The van der Waals surface area contributed by atoms with Crippen LogP contribution >= 0.6 is 0 Å². The van der Waals surface area contributed by atoms with Crippen LogP contribution in [0.15, 0.2) is 8.56 Å². The molecule has 1 nitrogen and oxygen atoms in total. The number of hydrogen-bond donors (Lipinski definition) is 0. The quantitative estimate of drug-likeness (QED) is 0.327. The molecule has 0 atom stereocenters. The first-order valence-electron chi connectivity index (χ1n) is 8.44. The molecule has 0 unspecified atom stereocenters. The van der Waals surface area contributed by atoms with Crippen molar-refractivity contribution < 1.29 is 4.74 Å². The maximum atomic E-state index is 5.35. The van der Waals surface area contributed by atoms with Crippen molar-refractivity contribution in [3.63, 3.8) is 0 Å². The third-order valence-electron chi connectivity index (χ3n) is 4.20. The Hall–Kier alpha value is 1.02. The second-order valence-corrected chi connectivity index (χ2v) is 23.0. The summed E-state index contributed by atoms with van der Waals surface area (Å²) in [5.41, 5.74) is 0. The van der Waals surface area contributed by atoms with Gasteiger partial charge < -0.3 is 0 Å². The van der Waals surface area contributed by atoms with Gasteiger partial charge in [-0.25, -0.2) is 0 Å². The molecule has 20 heavy (non-hydrogen) atoms.